The van der Waals surface area contributed by atoms with Gasteiger partial charge in [-0.25, -0.2) is 0 Å². The van der Waals surface area contributed by atoms with Crippen LogP contribution in [-0.4, -0.2) is 6.54 Å². The highest BCUT2D eigenvalue weighted by Crippen LogP contribution is 2.27. The molecule has 0 aliphatic heterocycles. The Hall–Kier alpha value is -1.06. The van der Waals surface area contributed by atoms with Gasteiger partial charge in [0.25, 0.3) is 0 Å². The molecule has 0 saturated heterocycles. The molecule has 0 bridgehead atoms. The molecule has 0 radical (unpaired) electrons. The van der Waals surface area contributed by atoms with Crippen LogP contribution in [0.1, 0.15) is 19.1 Å². The zero-order chi connectivity index (χ0) is 11.5. The van der Waals surface area contributed by atoms with E-state index in [1.54, 1.807) is 0 Å². The third-order valence-electron chi connectivity index (χ3n) is 2.48. The van der Waals surface area contributed by atoms with Crippen molar-refractivity contribution in [1.82, 2.24) is 0 Å². The molecule has 2 rings (SSSR count). The van der Waals surface area contributed by atoms with Crippen LogP contribution in [0.2, 0.25) is 0 Å². The molecule has 3 heteroatoms. The quantitative estimate of drug-likeness (QED) is 0.924. The summed E-state index contributed by atoms with van der Waals surface area (Å²) >= 11 is 3.45. The molecule has 1 heterocycles. The number of halogens is 1. The summed E-state index contributed by atoms with van der Waals surface area (Å²) in [7, 11) is 0. The van der Waals surface area contributed by atoms with Crippen LogP contribution in [0.4, 0.5) is 0 Å². The topological polar surface area (TPSA) is 39.2 Å². The van der Waals surface area contributed by atoms with Gasteiger partial charge in [0.15, 0.2) is 0 Å². The molecule has 0 fully saturated rings. The van der Waals surface area contributed by atoms with E-state index in [-0.39, 0.29) is 0 Å². The summed E-state index contributed by atoms with van der Waals surface area (Å²) in [6.45, 7) is 2.71. The lowest BCUT2D eigenvalue weighted by Crippen LogP contribution is -1.95. The van der Waals surface area contributed by atoms with Crippen LogP contribution in [0, 0.1) is 0 Å². The average Bonchev–Trinajstić information content (AvgIpc) is 2.68. The summed E-state index contributed by atoms with van der Waals surface area (Å²) < 4.78 is 6.82. The Balaban J connectivity index is 2.39. The molecule has 1 aromatic carbocycles. The van der Waals surface area contributed by atoms with E-state index in [0.29, 0.717) is 6.54 Å². The minimum Gasteiger partial charge on any atom is -0.456 e. The van der Waals surface area contributed by atoms with E-state index in [9.17, 15) is 0 Å². The van der Waals surface area contributed by atoms with Crippen LogP contribution < -0.4 is 5.73 Å². The van der Waals surface area contributed by atoms with Crippen molar-refractivity contribution in [1.29, 1.82) is 0 Å². The Kier molecular flexibility index (Phi) is 3.46. The molecule has 2 aromatic rings. The van der Waals surface area contributed by atoms with Gasteiger partial charge in [0, 0.05) is 9.86 Å². The average molecular weight is 280 g/mol. The second-order valence-electron chi connectivity index (χ2n) is 3.76. The monoisotopic (exact) mass is 279 g/mol. The highest BCUT2D eigenvalue weighted by Gasteiger charge is 2.05. The Labute approximate surface area is 103 Å². The highest BCUT2D eigenvalue weighted by atomic mass is 79.9. The first-order valence-electron chi connectivity index (χ1n) is 5.27. The summed E-state index contributed by atoms with van der Waals surface area (Å²) in [6.07, 6.45) is 2.99. The summed E-state index contributed by atoms with van der Waals surface area (Å²) in [5.41, 5.74) is 7.52. The predicted molar refractivity (Wildman–Crippen MR) is 71.2 cm³/mol. The number of rotatable bonds is 3. The summed E-state index contributed by atoms with van der Waals surface area (Å²) in [5, 5.41) is 1.12. The number of allylic oxidation sites excluding steroid dienone is 1. The van der Waals surface area contributed by atoms with Crippen molar-refractivity contribution in [2.75, 3.05) is 6.54 Å². The molecular formula is C13H14BrNO. The number of hydrogen-bond acceptors (Lipinski definition) is 2. The minimum atomic E-state index is 0.670. The zero-order valence-corrected chi connectivity index (χ0v) is 10.8. The predicted octanol–water partition coefficient (Wildman–Crippen LogP) is 3.95. The fraction of sp³-hybridized carbons (Fsp3) is 0.231. The third-order valence-corrected chi connectivity index (χ3v) is 2.98. The van der Waals surface area contributed by atoms with Crippen LogP contribution in [0.15, 0.2) is 39.2 Å². The van der Waals surface area contributed by atoms with E-state index in [2.05, 4.69) is 34.1 Å². The number of furan rings is 1. The van der Waals surface area contributed by atoms with E-state index in [1.807, 2.05) is 19.1 Å². The standard InChI is InChI=1S/C13H14BrNO/c1-9(3-2-6-15)13-8-10-7-11(14)4-5-12(10)16-13/h3-5,7-8H,2,6,15H2,1H3. The fourth-order valence-corrected chi connectivity index (χ4v) is 1.99. The lowest BCUT2D eigenvalue weighted by molar-refractivity contribution is 0.599. The molecule has 0 amide bonds. The minimum absolute atomic E-state index is 0.670. The fourth-order valence-electron chi connectivity index (χ4n) is 1.61. The van der Waals surface area contributed by atoms with Crippen molar-refractivity contribution in [2.45, 2.75) is 13.3 Å². The van der Waals surface area contributed by atoms with Crippen LogP contribution in [0.5, 0.6) is 0 Å². The molecule has 0 spiro atoms. The molecule has 2 N–H and O–H groups in total. The van der Waals surface area contributed by atoms with Gasteiger partial charge in [0.05, 0.1) is 0 Å². The van der Waals surface area contributed by atoms with Crippen molar-refractivity contribution >= 4 is 32.5 Å². The van der Waals surface area contributed by atoms with Crippen LogP contribution >= 0.6 is 15.9 Å². The first kappa shape index (κ1) is 11.4. The first-order valence-corrected chi connectivity index (χ1v) is 6.06. The number of hydrogen-bond donors (Lipinski definition) is 1. The van der Waals surface area contributed by atoms with Gasteiger partial charge in [-0.05, 0) is 49.7 Å². The maximum absolute atomic E-state index is 5.75. The van der Waals surface area contributed by atoms with Crippen LogP contribution in [0.3, 0.4) is 0 Å². The Morgan fingerprint density at radius 3 is 3.00 bits per heavy atom. The Morgan fingerprint density at radius 1 is 1.44 bits per heavy atom. The van der Waals surface area contributed by atoms with E-state index < -0.39 is 0 Å². The van der Waals surface area contributed by atoms with E-state index >= 15 is 0 Å². The summed E-state index contributed by atoms with van der Waals surface area (Å²) in [4.78, 5) is 0. The molecule has 0 aliphatic carbocycles. The molecule has 0 unspecified atom stereocenters. The maximum atomic E-state index is 5.75. The normalized spacial score (nSPS) is 12.3. The van der Waals surface area contributed by atoms with Gasteiger partial charge in [-0.2, -0.15) is 0 Å². The lowest BCUT2D eigenvalue weighted by atomic mass is 10.2. The van der Waals surface area contributed by atoms with Crippen molar-refractivity contribution in [3.05, 3.63) is 40.6 Å². The highest BCUT2D eigenvalue weighted by molar-refractivity contribution is 9.10. The summed E-state index contributed by atoms with van der Waals surface area (Å²) in [6, 6.07) is 8.06. The van der Waals surface area contributed by atoms with Gasteiger partial charge in [0.2, 0.25) is 0 Å². The molecule has 0 aliphatic rings. The molecule has 0 atom stereocenters. The molecule has 16 heavy (non-hydrogen) atoms. The second-order valence-corrected chi connectivity index (χ2v) is 4.67. The van der Waals surface area contributed by atoms with Crippen molar-refractivity contribution in [3.8, 4) is 0 Å². The Bertz CT molecular complexity index is 528. The van der Waals surface area contributed by atoms with E-state index in [0.717, 1.165) is 33.2 Å². The van der Waals surface area contributed by atoms with Crippen LogP contribution in [0.25, 0.3) is 16.5 Å². The van der Waals surface area contributed by atoms with Crippen molar-refractivity contribution in [3.63, 3.8) is 0 Å². The Morgan fingerprint density at radius 2 is 2.25 bits per heavy atom. The van der Waals surface area contributed by atoms with Gasteiger partial charge >= 0.3 is 0 Å². The van der Waals surface area contributed by atoms with Gasteiger partial charge in [-0.15, -0.1) is 0 Å². The molecule has 0 saturated carbocycles. The molecule has 2 nitrogen and oxygen atoms in total. The van der Waals surface area contributed by atoms with Crippen molar-refractivity contribution < 1.29 is 4.42 Å². The van der Waals surface area contributed by atoms with Gasteiger partial charge < -0.3 is 10.2 Å². The van der Waals surface area contributed by atoms with E-state index in [1.165, 1.54) is 0 Å². The third kappa shape index (κ3) is 2.36. The largest absolute Gasteiger partial charge is 0.456 e. The maximum Gasteiger partial charge on any atom is 0.134 e. The smallest absolute Gasteiger partial charge is 0.134 e. The molecule has 84 valence electrons. The number of fused-ring (bicyclic) bond motifs is 1. The molecular weight excluding hydrogens is 266 g/mol. The lowest BCUT2D eigenvalue weighted by Gasteiger charge is -1.94. The number of nitrogens with two attached hydrogens (primary N) is 1. The summed E-state index contributed by atoms with van der Waals surface area (Å²) in [5.74, 6) is 0.918. The van der Waals surface area contributed by atoms with Gasteiger partial charge in [-0.3, -0.25) is 0 Å². The van der Waals surface area contributed by atoms with Crippen molar-refractivity contribution in [2.24, 2.45) is 5.73 Å². The van der Waals surface area contributed by atoms with Crippen LogP contribution in [-0.2, 0) is 0 Å². The van der Waals surface area contributed by atoms with E-state index in [4.69, 9.17) is 10.2 Å². The second kappa shape index (κ2) is 4.85. The number of benzene rings is 1. The molecule has 1 aromatic heterocycles. The SMILES string of the molecule is CC(=CCCN)c1cc2cc(Br)ccc2o1. The van der Waals surface area contributed by atoms with Gasteiger partial charge in [-0.1, -0.05) is 22.0 Å². The van der Waals surface area contributed by atoms with Gasteiger partial charge in [0.1, 0.15) is 11.3 Å². The zero-order valence-electron chi connectivity index (χ0n) is 9.16. The first-order chi connectivity index (χ1) is 7.70.